The van der Waals surface area contributed by atoms with Gasteiger partial charge in [-0.15, -0.1) is 0 Å². The van der Waals surface area contributed by atoms with Crippen molar-refractivity contribution in [2.24, 2.45) is 0 Å². The number of ether oxygens (including phenoxy) is 1. The number of phenols is 1. The zero-order valence-corrected chi connectivity index (χ0v) is 11.9. The van der Waals surface area contributed by atoms with Gasteiger partial charge in [0.25, 0.3) is 0 Å². The fourth-order valence-electron chi connectivity index (χ4n) is 2.56. The van der Waals surface area contributed by atoms with Gasteiger partial charge in [0, 0.05) is 24.7 Å². The number of methoxy groups -OCH3 is 1. The van der Waals surface area contributed by atoms with Crippen LogP contribution in [0.2, 0.25) is 0 Å². The number of aromatic hydroxyl groups is 1. The fourth-order valence-corrected chi connectivity index (χ4v) is 2.56. The van der Waals surface area contributed by atoms with Gasteiger partial charge in [0.05, 0.1) is 7.11 Å². The van der Waals surface area contributed by atoms with Gasteiger partial charge >= 0.3 is 0 Å². The number of hydrogen-bond donors (Lipinski definition) is 2. The highest BCUT2D eigenvalue weighted by atomic mass is 16.5. The van der Waals surface area contributed by atoms with E-state index >= 15 is 0 Å². The Morgan fingerprint density at radius 1 is 1.37 bits per heavy atom. The lowest BCUT2D eigenvalue weighted by molar-refractivity contribution is 0.328. The molecular weight excluding hydrogens is 240 g/mol. The zero-order valence-electron chi connectivity index (χ0n) is 11.9. The van der Waals surface area contributed by atoms with E-state index in [9.17, 15) is 5.11 Å². The molecule has 0 saturated carbocycles. The second kappa shape index (κ2) is 6.78. The van der Waals surface area contributed by atoms with Gasteiger partial charge in [0.1, 0.15) is 11.5 Å². The summed E-state index contributed by atoms with van der Waals surface area (Å²) in [6.07, 6.45) is 2.65. The van der Waals surface area contributed by atoms with Crippen LogP contribution in [-0.4, -0.2) is 43.3 Å². The van der Waals surface area contributed by atoms with E-state index in [-0.39, 0.29) is 6.04 Å². The van der Waals surface area contributed by atoms with Gasteiger partial charge in [-0.25, -0.2) is 0 Å². The largest absolute Gasteiger partial charge is 0.508 e. The molecule has 0 aliphatic carbocycles. The average Bonchev–Trinajstić information content (AvgIpc) is 2.92. The predicted molar refractivity (Wildman–Crippen MR) is 76.8 cm³/mol. The van der Waals surface area contributed by atoms with E-state index in [1.54, 1.807) is 19.2 Å². The number of phenolic OH excluding ortho intramolecular Hbond substituents is 1. The van der Waals surface area contributed by atoms with Crippen LogP contribution in [0.1, 0.15) is 31.4 Å². The highest BCUT2D eigenvalue weighted by Crippen LogP contribution is 2.28. The van der Waals surface area contributed by atoms with Crippen molar-refractivity contribution in [2.75, 3.05) is 33.3 Å². The van der Waals surface area contributed by atoms with Crippen LogP contribution in [0.5, 0.6) is 11.5 Å². The molecule has 4 heteroatoms. The Morgan fingerprint density at radius 2 is 2.11 bits per heavy atom. The lowest BCUT2D eigenvalue weighted by atomic mass is 10.1. The first-order valence-electron chi connectivity index (χ1n) is 7.03. The molecule has 1 aromatic rings. The number of likely N-dealkylation sites (tertiary alicyclic amines) is 1. The molecule has 0 aromatic heterocycles. The quantitative estimate of drug-likeness (QED) is 0.826. The third kappa shape index (κ3) is 3.85. The van der Waals surface area contributed by atoms with Crippen LogP contribution in [-0.2, 0) is 0 Å². The van der Waals surface area contributed by atoms with Crippen LogP contribution in [0.3, 0.4) is 0 Å². The maximum Gasteiger partial charge on any atom is 0.120 e. The second-order valence-electron chi connectivity index (χ2n) is 5.15. The Kier molecular flexibility index (Phi) is 5.05. The summed E-state index contributed by atoms with van der Waals surface area (Å²) < 4.78 is 5.20. The average molecular weight is 264 g/mol. The van der Waals surface area contributed by atoms with Crippen LogP contribution in [0.25, 0.3) is 0 Å². The third-order valence-electron chi connectivity index (χ3n) is 3.78. The molecule has 1 aromatic carbocycles. The molecular formula is C15H24N2O2. The Balaban J connectivity index is 1.86. The topological polar surface area (TPSA) is 44.7 Å². The smallest absolute Gasteiger partial charge is 0.120 e. The van der Waals surface area contributed by atoms with Crippen molar-refractivity contribution < 1.29 is 9.84 Å². The summed E-state index contributed by atoms with van der Waals surface area (Å²) in [6.45, 7) is 6.53. The van der Waals surface area contributed by atoms with Crippen LogP contribution in [0, 0.1) is 0 Å². The van der Waals surface area contributed by atoms with Crippen LogP contribution in [0.15, 0.2) is 18.2 Å². The molecule has 106 valence electrons. The minimum Gasteiger partial charge on any atom is -0.508 e. The van der Waals surface area contributed by atoms with Gasteiger partial charge < -0.3 is 20.1 Å². The Labute approximate surface area is 115 Å². The molecule has 1 heterocycles. The summed E-state index contributed by atoms with van der Waals surface area (Å²) in [4.78, 5) is 2.48. The minimum atomic E-state index is 0.123. The van der Waals surface area contributed by atoms with E-state index in [4.69, 9.17) is 4.74 Å². The predicted octanol–water partition coefficient (Wildman–Crippen LogP) is 2.15. The SMILES string of the molecule is COc1ccc(O)c(C(C)NCCN2CCCC2)c1. The molecule has 1 unspecified atom stereocenters. The van der Waals surface area contributed by atoms with Crippen molar-refractivity contribution in [3.63, 3.8) is 0 Å². The zero-order chi connectivity index (χ0) is 13.7. The highest BCUT2D eigenvalue weighted by molar-refractivity contribution is 5.41. The van der Waals surface area contributed by atoms with Crippen LogP contribution >= 0.6 is 0 Å². The molecule has 0 spiro atoms. The van der Waals surface area contributed by atoms with E-state index in [0.29, 0.717) is 5.75 Å². The van der Waals surface area contributed by atoms with Gasteiger partial charge in [-0.1, -0.05) is 0 Å². The summed E-state index contributed by atoms with van der Waals surface area (Å²) in [5.74, 6) is 1.10. The normalized spacial score (nSPS) is 17.6. The summed E-state index contributed by atoms with van der Waals surface area (Å²) in [5, 5.41) is 13.4. The van der Waals surface area contributed by atoms with Crippen LogP contribution in [0.4, 0.5) is 0 Å². The van der Waals surface area contributed by atoms with E-state index < -0.39 is 0 Å². The molecule has 1 aliphatic rings. The lowest BCUT2D eigenvalue weighted by Crippen LogP contribution is -2.31. The summed E-state index contributed by atoms with van der Waals surface area (Å²) in [5.41, 5.74) is 0.890. The monoisotopic (exact) mass is 264 g/mol. The molecule has 2 N–H and O–H groups in total. The maximum atomic E-state index is 9.91. The van der Waals surface area contributed by atoms with Crippen molar-refractivity contribution in [3.8, 4) is 11.5 Å². The van der Waals surface area contributed by atoms with Gasteiger partial charge in [-0.05, 0) is 51.1 Å². The summed E-state index contributed by atoms with van der Waals surface area (Å²) in [7, 11) is 1.64. The van der Waals surface area contributed by atoms with Gasteiger partial charge in [-0.3, -0.25) is 0 Å². The molecule has 0 radical (unpaired) electrons. The Hall–Kier alpha value is -1.26. The standard InChI is InChI=1S/C15H24N2O2/c1-12(16-7-10-17-8-3-4-9-17)14-11-13(19-2)5-6-15(14)18/h5-6,11-12,16,18H,3-4,7-10H2,1-2H3. The highest BCUT2D eigenvalue weighted by Gasteiger charge is 2.13. The van der Waals surface area contributed by atoms with E-state index in [0.717, 1.165) is 24.4 Å². The first kappa shape index (κ1) is 14.2. The molecule has 4 nitrogen and oxygen atoms in total. The van der Waals surface area contributed by atoms with Crippen molar-refractivity contribution in [2.45, 2.75) is 25.8 Å². The number of benzene rings is 1. The van der Waals surface area contributed by atoms with E-state index in [1.165, 1.54) is 25.9 Å². The fraction of sp³-hybridized carbons (Fsp3) is 0.600. The molecule has 2 rings (SSSR count). The van der Waals surface area contributed by atoms with Crippen molar-refractivity contribution in [1.82, 2.24) is 10.2 Å². The number of rotatable bonds is 6. The number of nitrogens with zero attached hydrogens (tertiary/aromatic N) is 1. The molecule has 0 bridgehead atoms. The lowest BCUT2D eigenvalue weighted by Gasteiger charge is -2.19. The van der Waals surface area contributed by atoms with Crippen molar-refractivity contribution >= 4 is 0 Å². The van der Waals surface area contributed by atoms with Crippen molar-refractivity contribution in [3.05, 3.63) is 23.8 Å². The molecule has 19 heavy (non-hydrogen) atoms. The minimum absolute atomic E-state index is 0.123. The molecule has 1 atom stereocenters. The number of hydrogen-bond acceptors (Lipinski definition) is 4. The molecule has 1 aliphatic heterocycles. The third-order valence-corrected chi connectivity index (χ3v) is 3.78. The van der Waals surface area contributed by atoms with Gasteiger partial charge in [0.15, 0.2) is 0 Å². The van der Waals surface area contributed by atoms with Crippen molar-refractivity contribution in [1.29, 1.82) is 0 Å². The second-order valence-corrected chi connectivity index (χ2v) is 5.15. The Bertz CT molecular complexity index is 403. The molecule has 0 amide bonds. The Morgan fingerprint density at radius 3 is 2.79 bits per heavy atom. The maximum absolute atomic E-state index is 9.91. The van der Waals surface area contributed by atoms with E-state index in [2.05, 4.69) is 17.1 Å². The summed E-state index contributed by atoms with van der Waals surface area (Å²) in [6, 6.07) is 5.48. The van der Waals surface area contributed by atoms with Gasteiger partial charge in [-0.2, -0.15) is 0 Å². The van der Waals surface area contributed by atoms with E-state index in [1.807, 2.05) is 6.07 Å². The summed E-state index contributed by atoms with van der Waals surface area (Å²) >= 11 is 0. The molecule has 1 fully saturated rings. The number of nitrogens with one attached hydrogen (secondary N) is 1. The first-order valence-corrected chi connectivity index (χ1v) is 7.03. The van der Waals surface area contributed by atoms with Gasteiger partial charge in [0.2, 0.25) is 0 Å². The first-order chi connectivity index (χ1) is 9.20. The molecule has 1 saturated heterocycles. The van der Waals surface area contributed by atoms with Crippen LogP contribution < -0.4 is 10.1 Å².